The van der Waals surface area contributed by atoms with E-state index in [4.69, 9.17) is 9.16 Å². The van der Waals surface area contributed by atoms with Crippen molar-refractivity contribution in [1.82, 2.24) is 9.88 Å². The Bertz CT molecular complexity index is 2210. The van der Waals surface area contributed by atoms with Crippen LogP contribution < -0.4 is 25.7 Å². The zero-order valence-electron chi connectivity index (χ0n) is 33.5. The quantitative estimate of drug-likeness (QED) is 0.108. The fraction of sp³-hybridized carbons (Fsp3) is 0.378. The third-order valence-electron chi connectivity index (χ3n) is 12.0. The molecule has 3 saturated heterocycles. The lowest BCUT2D eigenvalue weighted by molar-refractivity contribution is -0.143. The van der Waals surface area contributed by atoms with Crippen LogP contribution in [0.1, 0.15) is 69.8 Å². The van der Waals surface area contributed by atoms with E-state index < -0.39 is 54.7 Å². The molecular weight excluding hydrogens is 787 g/mol. The fourth-order valence-corrected chi connectivity index (χ4v) is 14.0. The molecule has 0 spiro atoms. The zero-order valence-corrected chi connectivity index (χ0v) is 34.5. The highest BCUT2D eigenvalue weighted by Crippen LogP contribution is 2.49. The van der Waals surface area contributed by atoms with Gasteiger partial charge in [-0.05, 0) is 88.6 Å². The number of ether oxygens (including phenoxy) is 1. The number of rotatable bonds is 10. The predicted molar refractivity (Wildman–Crippen MR) is 221 cm³/mol. The summed E-state index contributed by atoms with van der Waals surface area (Å²) < 4.78 is 96.3. The van der Waals surface area contributed by atoms with Crippen molar-refractivity contribution >= 4 is 47.0 Å². The number of carbonyl (C=O) groups excluding carboxylic acids is 1. The summed E-state index contributed by atoms with van der Waals surface area (Å²) in [6.45, 7) is 10.7. The summed E-state index contributed by atoms with van der Waals surface area (Å²) in [4.78, 5) is 21.0. The number of urea groups is 1. The number of pyridine rings is 1. The first-order chi connectivity index (χ1) is 27.9. The fourth-order valence-electron chi connectivity index (χ4n) is 9.28. The Morgan fingerprint density at radius 3 is 1.98 bits per heavy atom. The van der Waals surface area contributed by atoms with E-state index in [1.54, 1.807) is 18.3 Å². The van der Waals surface area contributed by atoms with Crippen molar-refractivity contribution in [3.63, 3.8) is 0 Å². The molecule has 8 rings (SSSR count). The second-order valence-electron chi connectivity index (χ2n) is 16.5. The summed E-state index contributed by atoms with van der Waals surface area (Å²) in [5.41, 5.74) is -2.44. The lowest BCUT2D eigenvalue weighted by atomic mass is 9.72. The van der Waals surface area contributed by atoms with Crippen molar-refractivity contribution in [3.05, 3.63) is 120 Å². The lowest BCUT2D eigenvalue weighted by Gasteiger charge is -2.54. The second kappa shape index (κ2) is 16.3. The van der Waals surface area contributed by atoms with Gasteiger partial charge in [0.1, 0.15) is 5.75 Å². The molecular formula is C45H48F6N4O3Si. The average Bonchev–Trinajstić information content (AvgIpc) is 3.20. The van der Waals surface area contributed by atoms with E-state index in [1.807, 2.05) is 42.5 Å². The van der Waals surface area contributed by atoms with Gasteiger partial charge in [-0.15, -0.1) is 0 Å². The van der Waals surface area contributed by atoms with Crippen molar-refractivity contribution in [2.24, 2.45) is 11.8 Å². The number of benzene rings is 4. The number of anilines is 2. The summed E-state index contributed by atoms with van der Waals surface area (Å²) in [6, 6.07) is 25.6. The van der Waals surface area contributed by atoms with Crippen molar-refractivity contribution < 1.29 is 40.3 Å². The van der Waals surface area contributed by atoms with Gasteiger partial charge < -0.3 is 19.8 Å². The number of aromatic nitrogens is 1. The molecule has 3 aliphatic rings. The Hall–Kier alpha value is -4.92. The van der Waals surface area contributed by atoms with Gasteiger partial charge in [-0.3, -0.25) is 9.88 Å². The number of hydrogen-bond acceptors (Lipinski definition) is 5. The van der Waals surface area contributed by atoms with Crippen LogP contribution in [0.2, 0.25) is 5.04 Å². The Kier molecular flexibility index (Phi) is 11.6. The molecule has 59 heavy (non-hydrogen) atoms. The molecule has 7 nitrogen and oxygen atoms in total. The Labute approximate surface area is 341 Å². The molecule has 4 heterocycles. The van der Waals surface area contributed by atoms with Crippen LogP contribution in [0.4, 0.5) is 42.5 Å². The molecule has 0 saturated carbocycles. The smallest absolute Gasteiger partial charge is 0.416 e. The van der Waals surface area contributed by atoms with Gasteiger partial charge in [0.2, 0.25) is 0 Å². The summed E-state index contributed by atoms with van der Waals surface area (Å²) in [5, 5.41) is 7.21. The standard InChI is InChI=1S/C45H48F6N4O3Si/c1-6-28-27-55-22-20-29(28)23-37(55)41(58-59(43(2,3)4,33-13-9-7-10-14-33)34-15-11-8-12-16-34)35-19-21-52-36-17-18-38(57-5)40(39(35)36)54-42(56)53-32-25-30(44(46,47)48)24-31(26-32)45(49,50)51/h7-19,21,24-26,28-29,37,41H,6,20,22-23,27H2,1-5H3,(H2,53,54,56)/t28-,29-,37-,41+/m0/s1. The van der Waals surface area contributed by atoms with E-state index in [0.717, 1.165) is 48.3 Å². The van der Waals surface area contributed by atoms with Gasteiger partial charge in [-0.2, -0.15) is 26.3 Å². The van der Waals surface area contributed by atoms with Gasteiger partial charge in [0.25, 0.3) is 8.32 Å². The summed E-state index contributed by atoms with van der Waals surface area (Å²) >= 11 is 0. The van der Waals surface area contributed by atoms with Crippen molar-refractivity contribution in [3.8, 4) is 5.75 Å². The number of amides is 2. The number of carbonyl (C=O) groups is 1. The predicted octanol–water partition coefficient (Wildman–Crippen LogP) is 10.7. The van der Waals surface area contributed by atoms with E-state index >= 15 is 0 Å². The molecule has 3 aliphatic heterocycles. The Balaban J connectivity index is 1.41. The van der Waals surface area contributed by atoms with Crippen LogP contribution in [0.15, 0.2) is 103 Å². The van der Waals surface area contributed by atoms with Crippen LogP contribution in [0.5, 0.6) is 5.75 Å². The van der Waals surface area contributed by atoms with E-state index in [9.17, 15) is 31.1 Å². The monoisotopic (exact) mass is 834 g/mol. The number of halogens is 6. The van der Waals surface area contributed by atoms with Crippen molar-refractivity contribution in [2.45, 2.75) is 76.5 Å². The first-order valence-corrected chi connectivity index (χ1v) is 21.7. The number of alkyl halides is 6. The molecule has 312 valence electrons. The molecule has 2 bridgehead atoms. The van der Waals surface area contributed by atoms with Crippen LogP contribution >= 0.6 is 0 Å². The van der Waals surface area contributed by atoms with Gasteiger partial charge in [0.15, 0.2) is 0 Å². The SMILES string of the molecule is CC[C@H]1CN2CC[C@H]1C[C@H]2[C@H](O[Si](c1ccccc1)(c1ccccc1)C(C)(C)C)c1ccnc2ccc(OC)c(NC(=O)Nc3cc(C(F)(F)F)cc(C(F)(F)F)c3)c12. The van der Waals surface area contributed by atoms with E-state index in [2.05, 4.69) is 72.5 Å². The summed E-state index contributed by atoms with van der Waals surface area (Å²) in [5.74, 6) is 1.22. The molecule has 14 heteroatoms. The third kappa shape index (κ3) is 8.31. The van der Waals surface area contributed by atoms with Crippen molar-refractivity contribution in [2.75, 3.05) is 30.8 Å². The molecule has 1 unspecified atom stereocenters. The summed E-state index contributed by atoms with van der Waals surface area (Å²) in [7, 11) is -1.83. The van der Waals surface area contributed by atoms with Gasteiger partial charge in [0, 0.05) is 29.9 Å². The van der Waals surface area contributed by atoms with Gasteiger partial charge in [-0.1, -0.05) is 94.8 Å². The minimum atomic E-state index is -5.10. The first-order valence-electron chi connectivity index (χ1n) is 19.8. The largest absolute Gasteiger partial charge is 0.495 e. The molecule has 2 amide bonds. The van der Waals surface area contributed by atoms with Gasteiger partial charge in [0.05, 0.1) is 35.5 Å². The molecule has 5 aromatic rings. The molecule has 3 fully saturated rings. The van der Waals surface area contributed by atoms with E-state index in [-0.39, 0.29) is 23.5 Å². The molecule has 5 atom stereocenters. The maximum atomic E-state index is 13.8. The maximum absolute atomic E-state index is 13.8. The Morgan fingerprint density at radius 1 is 0.864 bits per heavy atom. The molecule has 4 aromatic carbocycles. The first kappa shape index (κ1) is 42.2. The van der Waals surface area contributed by atoms with E-state index in [1.165, 1.54) is 7.11 Å². The van der Waals surface area contributed by atoms with Crippen LogP contribution in [0, 0.1) is 11.8 Å². The van der Waals surface area contributed by atoms with Crippen LogP contribution in [-0.4, -0.2) is 50.5 Å². The maximum Gasteiger partial charge on any atom is 0.416 e. The van der Waals surface area contributed by atoms with Gasteiger partial charge in [-0.25, -0.2) is 4.79 Å². The number of nitrogens with zero attached hydrogens (tertiary/aromatic N) is 2. The lowest BCUT2D eigenvalue weighted by Crippen LogP contribution is -2.68. The van der Waals surface area contributed by atoms with Crippen LogP contribution in [0.25, 0.3) is 10.9 Å². The minimum Gasteiger partial charge on any atom is -0.495 e. The normalized spacial score (nSPS) is 20.3. The number of piperidine rings is 3. The molecule has 2 N–H and O–H groups in total. The molecule has 0 radical (unpaired) electrons. The number of nitrogens with one attached hydrogen (secondary N) is 2. The Morgan fingerprint density at radius 2 is 1.47 bits per heavy atom. The van der Waals surface area contributed by atoms with Gasteiger partial charge >= 0.3 is 18.4 Å². The highest BCUT2D eigenvalue weighted by atomic mass is 28.4. The second-order valence-corrected chi connectivity index (χ2v) is 20.8. The van der Waals surface area contributed by atoms with E-state index in [0.29, 0.717) is 34.9 Å². The number of hydrogen-bond donors (Lipinski definition) is 2. The highest BCUT2D eigenvalue weighted by molar-refractivity contribution is 6.99. The minimum absolute atomic E-state index is 0.0113. The summed E-state index contributed by atoms with van der Waals surface area (Å²) in [6.07, 6.45) is -6.08. The zero-order chi connectivity index (χ0) is 42.3. The third-order valence-corrected chi connectivity index (χ3v) is 17.1. The average molecular weight is 835 g/mol. The number of fused-ring (bicyclic) bond motifs is 4. The van der Waals surface area contributed by atoms with Crippen molar-refractivity contribution in [1.29, 1.82) is 0 Å². The van der Waals surface area contributed by atoms with Crippen LogP contribution in [0.3, 0.4) is 0 Å². The molecule has 0 aliphatic carbocycles. The topological polar surface area (TPSA) is 75.7 Å². The molecule has 1 aromatic heterocycles. The highest BCUT2D eigenvalue weighted by Gasteiger charge is 2.54. The van der Waals surface area contributed by atoms with Crippen LogP contribution in [-0.2, 0) is 16.8 Å². The number of methoxy groups -OCH3 is 1.